The predicted octanol–water partition coefficient (Wildman–Crippen LogP) is 2.17. The fraction of sp³-hybridized carbons (Fsp3) is 0.471. The summed E-state index contributed by atoms with van der Waals surface area (Å²) in [5.74, 6) is 0.833. The molecule has 0 bridgehead atoms. The van der Waals surface area contributed by atoms with Crippen LogP contribution in [0.1, 0.15) is 24.3 Å². The summed E-state index contributed by atoms with van der Waals surface area (Å²) in [4.78, 5) is 2.26. The number of piperidine rings is 1. The number of rotatable bonds is 6. The number of nitrogens with one attached hydrogen (secondary N) is 1. The van der Waals surface area contributed by atoms with E-state index in [-0.39, 0.29) is 12.4 Å². The van der Waals surface area contributed by atoms with Gasteiger partial charge in [-0.15, -0.1) is 0 Å². The van der Waals surface area contributed by atoms with E-state index in [1.807, 2.05) is 12.4 Å². The summed E-state index contributed by atoms with van der Waals surface area (Å²) < 4.78 is 18.3. The molecule has 1 unspecified atom stereocenters. The maximum Gasteiger partial charge on any atom is 0.123 e. The minimum Gasteiger partial charge on any atom is -0.491 e. The number of benzene rings is 1. The van der Waals surface area contributed by atoms with E-state index in [4.69, 9.17) is 4.74 Å². The summed E-state index contributed by atoms with van der Waals surface area (Å²) in [6.07, 6.45) is 5.46. The number of nitrogens with zero attached hydrogens (tertiary/aromatic N) is 2. The number of ether oxygens (including phenoxy) is 1. The summed E-state index contributed by atoms with van der Waals surface area (Å²) in [5.41, 5.74) is 1.27. The Bertz CT molecular complexity index is 580. The van der Waals surface area contributed by atoms with E-state index in [9.17, 15) is 9.50 Å². The largest absolute Gasteiger partial charge is 0.491 e. The van der Waals surface area contributed by atoms with E-state index in [2.05, 4.69) is 15.1 Å². The van der Waals surface area contributed by atoms with Gasteiger partial charge in [0.25, 0.3) is 0 Å². The van der Waals surface area contributed by atoms with Crippen LogP contribution in [0.15, 0.2) is 36.7 Å². The van der Waals surface area contributed by atoms with Gasteiger partial charge in [-0.2, -0.15) is 5.10 Å². The molecule has 0 aliphatic carbocycles. The van der Waals surface area contributed by atoms with Crippen molar-refractivity contribution in [3.05, 3.63) is 48.0 Å². The second-order valence-electron chi connectivity index (χ2n) is 6.03. The van der Waals surface area contributed by atoms with Gasteiger partial charge in [0, 0.05) is 12.7 Å². The third kappa shape index (κ3) is 4.53. The molecular formula is C17H22FN3O2. The number of H-pyrrole nitrogens is 1. The van der Waals surface area contributed by atoms with Crippen LogP contribution in [-0.2, 0) is 0 Å². The summed E-state index contributed by atoms with van der Waals surface area (Å²) >= 11 is 0. The number of aromatic amines is 1. The van der Waals surface area contributed by atoms with Gasteiger partial charge < -0.3 is 14.7 Å². The van der Waals surface area contributed by atoms with E-state index in [1.165, 1.54) is 17.7 Å². The lowest BCUT2D eigenvalue weighted by atomic mass is 9.91. The molecule has 124 valence electrons. The number of aliphatic hydroxyl groups is 1. The Morgan fingerprint density at radius 3 is 2.70 bits per heavy atom. The lowest BCUT2D eigenvalue weighted by molar-refractivity contribution is 0.0594. The summed E-state index contributed by atoms with van der Waals surface area (Å²) in [5, 5.41) is 17.0. The second-order valence-corrected chi connectivity index (χ2v) is 6.03. The second kappa shape index (κ2) is 7.57. The number of aromatic nitrogens is 2. The Balaban J connectivity index is 1.39. The molecule has 0 saturated carbocycles. The summed E-state index contributed by atoms with van der Waals surface area (Å²) in [6.45, 7) is 2.74. The molecule has 0 amide bonds. The Hall–Kier alpha value is -1.92. The number of halogens is 1. The minimum absolute atomic E-state index is 0.216. The number of hydrogen-bond acceptors (Lipinski definition) is 4. The molecule has 2 aromatic rings. The van der Waals surface area contributed by atoms with Crippen LogP contribution in [0.4, 0.5) is 4.39 Å². The zero-order chi connectivity index (χ0) is 16.1. The number of likely N-dealkylation sites (tertiary alicyclic amines) is 1. The van der Waals surface area contributed by atoms with Gasteiger partial charge in [-0.3, -0.25) is 5.10 Å². The molecule has 1 saturated heterocycles. The highest BCUT2D eigenvalue weighted by molar-refractivity contribution is 5.22. The molecule has 1 aliphatic heterocycles. The van der Waals surface area contributed by atoms with Crippen molar-refractivity contribution in [2.24, 2.45) is 0 Å². The van der Waals surface area contributed by atoms with Crippen molar-refractivity contribution >= 4 is 0 Å². The molecule has 2 N–H and O–H groups in total. The van der Waals surface area contributed by atoms with Crippen molar-refractivity contribution in [3.63, 3.8) is 0 Å². The van der Waals surface area contributed by atoms with Gasteiger partial charge in [-0.25, -0.2) is 4.39 Å². The zero-order valence-corrected chi connectivity index (χ0v) is 13.0. The molecule has 1 atom stereocenters. The molecule has 0 spiro atoms. The van der Waals surface area contributed by atoms with Gasteiger partial charge in [0.05, 0.1) is 6.20 Å². The minimum atomic E-state index is -0.550. The molecule has 5 nitrogen and oxygen atoms in total. The van der Waals surface area contributed by atoms with Gasteiger partial charge >= 0.3 is 0 Å². The molecule has 1 fully saturated rings. The Labute approximate surface area is 135 Å². The smallest absolute Gasteiger partial charge is 0.123 e. The highest BCUT2D eigenvalue weighted by Crippen LogP contribution is 2.27. The predicted molar refractivity (Wildman–Crippen MR) is 84.9 cm³/mol. The van der Waals surface area contributed by atoms with Gasteiger partial charge in [-0.05, 0) is 61.7 Å². The van der Waals surface area contributed by atoms with E-state index in [0.717, 1.165) is 25.9 Å². The maximum absolute atomic E-state index is 12.8. The first kappa shape index (κ1) is 16.0. The van der Waals surface area contributed by atoms with Crippen molar-refractivity contribution in [1.82, 2.24) is 15.1 Å². The van der Waals surface area contributed by atoms with Crippen LogP contribution in [0.2, 0.25) is 0 Å². The summed E-state index contributed by atoms with van der Waals surface area (Å²) in [6, 6.07) is 5.83. The number of hydrogen-bond donors (Lipinski definition) is 2. The fourth-order valence-corrected chi connectivity index (χ4v) is 3.01. The van der Waals surface area contributed by atoms with Crippen molar-refractivity contribution < 1.29 is 14.2 Å². The first-order chi connectivity index (χ1) is 11.2. The fourth-order valence-electron chi connectivity index (χ4n) is 3.01. The molecule has 1 aromatic carbocycles. The van der Waals surface area contributed by atoms with E-state index < -0.39 is 6.10 Å². The average molecular weight is 319 g/mol. The number of aliphatic hydroxyl groups excluding tert-OH is 1. The first-order valence-electron chi connectivity index (χ1n) is 7.98. The monoisotopic (exact) mass is 319 g/mol. The third-order valence-electron chi connectivity index (χ3n) is 4.30. The van der Waals surface area contributed by atoms with Crippen LogP contribution in [-0.4, -0.2) is 52.5 Å². The van der Waals surface area contributed by atoms with E-state index >= 15 is 0 Å². The van der Waals surface area contributed by atoms with Crippen molar-refractivity contribution in [1.29, 1.82) is 0 Å². The highest BCUT2D eigenvalue weighted by Gasteiger charge is 2.22. The molecule has 0 radical (unpaired) electrons. The molecule has 23 heavy (non-hydrogen) atoms. The molecule has 1 aliphatic rings. The lowest BCUT2D eigenvalue weighted by Crippen LogP contribution is -2.40. The molecular weight excluding hydrogens is 297 g/mol. The van der Waals surface area contributed by atoms with E-state index in [0.29, 0.717) is 18.2 Å². The van der Waals surface area contributed by atoms with Crippen molar-refractivity contribution in [2.75, 3.05) is 26.2 Å². The van der Waals surface area contributed by atoms with Gasteiger partial charge in [0.1, 0.15) is 24.3 Å². The van der Waals surface area contributed by atoms with Crippen molar-refractivity contribution in [2.45, 2.75) is 24.9 Å². The lowest BCUT2D eigenvalue weighted by Gasteiger charge is -2.32. The normalized spacial score (nSPS) is 18.0. The molecule has 3 rings (SSSR count). The van der Waals surface area contributed by atoms with Crippen LogP contribution in [0.25, 0.3) is 0 Å². The van der Waals surface area contributed by atoms with Crippen LogP contribution in [0.5, 0.6) is 5.75 Å². The standard InChI is InChI=1S/C17H22FN3O2/c18-15-1-3-17(4-2-15)23-12-16(22)11-21-7-5-13(6-8-21)14-9-19-20-10-14/h1-4,9-10,13,16,22H,5-8,11-12H2,(H,19,20). The van der Waals surface area contributed by atoms with Crippen molar-refractivity contribution in [3.8, 4) is 5.75 Å². The molecule has 2 heterocycles. The molecule has 6 heteroatoms. The third-order valence-corrected chi connectivity index (χ3v) is 4.30. The van der Waals surface area contributed by atoms with Crippen LogP contribution >= 0.6 is 0 Å². The van der Waals surface area contributed by atoms with Gasteiger partial charge in [0.2, 0.25) is 0 Å². The van der Waals surface area contributed by atoms with Gasteiger partial charge in [0.15, 0.2) is 0 Å². The average Bonchev–Trinajstić information content (AvgIpc) is 3.09. The Morgan fingerprint density at radius 2 is 2.04 bits per heavy atom. The highest BCUT2D eigenvalue weighted by atomic mass is 19.1. The van der Waals surface area contributed by atoms with Crippen LogP contribution in [0, 0.1) is 5.82 Å². The summed E-state index contributed by atoms with van der Waals surface area (Å²) in [7, 11) is 0. The quantitative estimate of drug-likeness (QED) is 0.857. The van der Waals surface area contributed by atoms with Gasteiger partial charge in [-0.1, -0.05) is 0 Å². The van der Waals surface area contributed by atoms with Crippen LogP contribution in [0.3, 0.4) is 0 Å². The van der Waals surface area contributed by atoms with E-state index in [1.54, 1.807) is 12.1 Å². The Kier molecular flexibility index (Phi) is 5.25. The topological polar surface area (TPSA) is 61.4 Å². The van der Waals surface area contributed by atoms with Crippen LogP contribution < -0.4 is 4.74 Å². The zero-order valence-electron chi connectivity index (χ0n) is 13.0. The Morgan fingerprint density at radius 1 is 1.30 bits per heavy atom. The SMILES string of the molecule is OC(COc1ccc(F)cc1)CN1CCC(c2cn[nH]c2)CC1. The first-order valence-corrected chi connectivity index (χ1v) is 7.98. The number of β-amino-alcohol motifs (C(OH)–C–C–N with tert-alkyl or cyclic N) is 1. The molecule has 1 aromatic heterocycles. The maximum atomic E-state index is 12.8.